The summed E-state index contributed by atoms with van der Waals surface area (Å²) in [6, 6.07) is 0. The van der Waals surface area contributed by atoms with Crippen LogP contribution in [0.3, 0.4) is 0 Å². The molecule has 1 rings (SSSR count). The van der Waals surface area contributed by atoms with Gasteiger partial charge >= 0.3 is 0 Å². The molecule has 0 saturated carbocycles. The second kappa shape index (κ2) is 7.37. The molecule has 1 aliphatic heterocycles. The van der Waals surface area contributed by atoms with Crippen molar-refractivity contribution in [2.45, 2.75) is 39.0 Å². The molecule has 0 radical (unpaired) electrons. The Bertz CT molecular complexity index is 362. The van der Waals surface area contributed by atoms with Crippen molar-refractivity contribution in [1.29, 1.82) is 0 Å². The van der Waals surface area contributed by atoms with E-state index >= 15 is 0 Å². The van der Waals surface area contributed by atoms with Crippen LogP contribution in [0.15, 0.2) is 0 Å². The minimum atomic E-state index is -3.41. The van der Waals surface area contributed by atoms with Crippen molar-refractivity contribution in [1.82, 2.24) is 8.61 Å². The molecule has 0 atom stereocenters. The lowest BCUT2D eigenvalue weighted by Gasteiger charge is -2.28. The van der Waals surface area contributed by atoms with Crippen LogP contribution >= 0.6 is 12.2 Å². The van der Waals surface area contributed by atoms with Gasteiger partial charge in [0, 0.05) is 19.6 Å². The fraction of sp³-hybridized carbons (Fsp3) is 0.909. The van der Waals surface area contributed by atoms with Crippen molar-refractivity contribution >= 4 is 27.4 Å². The molecule has 7 heteroatoms. The lowest BCUT2D eigenvalue weighted by Crippen LogP contribution is -2.47. The number of rotatable bonds is 6. The van der Waals surface area contributed by atoms with Crippen LogP contribution in [0.4, 0.5) is 0 Å². The molecule has 0 spiro atoms. The monoisotopic (exact) mass is 293 g/mol. The van der Waals surface area contributed by atoms with Gasteiger partial charge < -0.3 is 5.73 Å². The van der Waals surface area contributed by atoms with Crippen LogP contribution in [0.1, 0.15) is 39.0 Å². The molecule has 1 saturated heterocycles. The third kappa shape index (κ3) is 4.46. The highest BCUT2D eigenvalue weighted by molar-refractivity contribution is 7.87. The molecule has 1 fully saturated rings. The molecule has 0 bridgehead atoms. The Hall–Kier alpha value is -0.240. The Morgan fingerprint density at radius 1 is 1.28 bits per heavy atom. The maximum atomic E-state index is 12.5. The van der Waals surface area contributed by atoms with E-state index in [4.69, 9.17) is 18.0 Å². The van der Waals surface area contributed by atoms with Gasteiger partial charge in [0.05, 0.1) is 11.5 Å². The fourth-order valence-corrected chi connectivity index (χ4v) is 4.13. The first-order valence-electron chi connectivity index (χ1n) is 6.52. The highest BCUT2D eigenvalue weighted by Gasteiger charge is 2.29. The van der Waals surface area contributed by atoms with Gasteiger partial charge in [-0.15, -0.1) is 0 Å². The summed E-state index contributed by atoms with van der Waals surface area (Å²) in [5, 5.41) is 0. The largest absolute Gasteiger partial charge is 0.392 e. The van der Waals surface area contributed by atoms with Crippen molar-refractivity contribution < 1.29 is 8.42 Å². The van der Waals surface area contributed by atoms with E-state index in [-0.39, 0.29) is 11.5 Å². The molecule has 0 aromatic heterocycles. The van der Waals surface area contributed by atoms with E-state index in [0.717, 1.165) is 32.1 Å². The highest BCUT2D eigenvalue weighted by Crippen LogP contribution is 2.16. The second-order valence-corrected chi connectivity index (χ2v) is 7.07. The lowest BCUT2D eigenvalue weighted by molar-refractivity contribution is 0.357. The molecule has 0 aliphatic carbocycles. The topological polar surface area (TPSA) is 66.6 Å². The Kier molecular flexibility index (Phi) is 6.48. The third-order valence-electron chi connectivity index (χ3n) is 3.02. The molecular formula is C11H23N3O2S2. The number of hydrogen-bond acceptors (Lipinski definition) is 3. The lowest BCUT2D eigenvalue weighted by atomic mass is 10.2. The fourth-order valence-electron chi connectivity index (χ4n) is 2.13. The molecule has 1 heterocycles. The minimum absolute atomic E-state index is 0.141. The van der Waals surface area contributed by atoms with Crippen LogP contribution in [-0.2, 0) is 10.2 Å². The van der Waals surface area contributed by atoms with Gasteiger partial charge in [0.15, 0.2) is 0 Å². The van der Waals surface area contributed by atoms with E-state index < -0.39 is 10.2 Å². The first-order chi connectivity index (χ1) is 8.48. The Balaban J connectivity index is 2.81. The summed E-state index contributed by atoms with van der Waals surface area (Å²) < 4.78 is 28.0. The molecule has 0 amide bonds. The predicted octanol–water partition coefficient (Wildman–Crippen LogP) is 1.11. The van der Waals surface area contributed by atoms with E-state index in [1.807, 2.05) is 6.92 Å². The molecule has 106 valence electrons. The van der Waals surface area contributed by atoms with Gasteiger partial charge in [0.2, 0.25) is 0 Å². The van der Waals surface area contributed by atoms with Crippen LogP contribution in [0, 0.1) is 0 Å². The third-order valence-corrected chi connectivity index (χ3v) is 5.13. The molecule has 0 aromatic carbocycles. The molecular weight excluding hydrogens is 270 g/mol. The van der Waals surface area contributed by atoms with Gasteiger partial charge in [-0.25, -0.2) is 0 Å². The van der Waals surface area contributed by atoms with Crippen molar-refractivity contribution in [3.05, 3.63) is 0 Å². The number of hydrogen-bond donors (Lipinski definition) is 1. The summed E-state index contributed by atoms with van der Waals surface area (Å²) in [7, 11) is -3.41. The Morgan fingerprint density at radius 2 is 1.83 bits per heavy atom. The van der Waals surface area contributed by atoms with Crippen LogP contribution in [0.25, 0.3) is 0 Å². The van der Waals surface area contributed by atoms with E-state index in [2.05, 4.69) is 0 Å². The first-order valence-corrected chi connectivity index (χ1v) is 8.32. The number of nitrogens with two attached hydrogens (primary N) is 1. The smallest absolute Gasteiger partial charge is 0.282 e. The maximum Gasteiger partial charge on any atom is 0.282 e. The average molecular weight is 293 g/mol. The molecule has 2 N–H and O–H groups in total. The number of thiocarbonyl (C=S) groups is 1. The molecule has 0 aromatic rings. The zero-order chi connectivity index (χ0) is 13.6. The van der Waals surface area contributed by atoms with Gasteiger partial charge in [0.1, 0.15) is 0 Å². The van der Waals surface area contributed by atoms with E-state index in [0.29, 0.717) is 19.6 Å². The molecule has 1 aliphatic rings. The van der Waals surface area contributed by atoms with Gasteiger partial charge in [0.25, 0.3) is 10.2 Å². The first kappa shape index (κ1) is 15.8. The SMILES string of the molecule is CCCN(CC(N)=S)S(=O)(=O)N1CCCCCC1. The Morgan fingerprint density at radius 3 is 2.28 bits per heavy atom. The van der Waals surface area contributed by atoms with Crippen molar-refractivity contribution in [3.63, 3.8) is 0 Å². The minimum Gasteiger partial charge on any atom is -0.392 e. The zero-order valence-corrected chi connectivity index (χ0v) is 12.6. The van der Waals surface area contributed by atoms with Crippen molar-refractivity contribution in [2.75, 3.05) is 26.2 Å². The number of nitrogens with zero attached hydrogens (tertiary/aromatic N) is 2. The Labute approximate surface area is 115 Å². The summed E-state index contributed by atoms with van der Waals surface area (Å²) in [5.74, 6) is 0. The van der Waals surface area contributed by atoms with Gasteiger partial charge in [-0.2, -0.15) is 17.0 Å². The average Bonchev–Trinajstić information content (AvgIpc) is 2.56. The summed E-state index contributed by atoms with van der Waals surface area (Å²) in [6.07, 6.45) is 4.85. The summed E-state index contributed by atoms with van der Waals surface area (Å²) in [6.45, 7) is 3.78. The zero-order valence-electron chi connectivity index (χ0n) is 11.0. The predicted molar refractivity (Wildman–Crippen MR) is 77.6 cm³/mol. The molecule has 5 nitrogen and oxygen atoms in total. The summed E-state index contributed by atoms with van der Waals surface area (Å²) >= 11 is 4.84. The van der Waals surface area contributed by atoms with E-state index in [1.165, 1.54) is 4.31 Å². The molecule has 0 unspecified atom stereocenters. The maximum absolute atomic E-state index is 12.5. The normalized spacial score (nSPS) is 18.8. The highest BCUT2D eigenvalue weighted by atomic mass is 32.2. The summed E-state index contributed by atoms with van der Waals surface area (Å²) in [5.41, 5.74) is 5.49. The standard InChI is InChI=1S/C11H23N3O2S2/c1-2-7-14(10-11(12)17)18(15,16)13-8-5-3-4-6-9-13/h2-10H2,1H3,(H2,12,17). The van der Waals surface area contributed by atoms with Gasteiger partial charge in [-0.05, 0) is 19.3 Å². The van der Waals surface area contributed by atoms with Crippen LogP contribution in [-0.4, -0.2) is 48.2 Å². The van der Waals surface area contributed by atoms with Crippen LogP contribution in [0.5, 0.6) is 0 Å². The quantitative estimate of drug-likeness (QED) is 0.745. The van der Waals surface area contributed by atoms with Crippen molar-refractivity contribution in [2.24, 2.45) is 5.73 Å². The van der Waals surface area contributed by atoms with Gasteiger partial charge in [-0.3, -0.25) is 0 Å². The van der Waals surface area contributed by atoms with Gasteiger partial charge in [-0.1, -0.05) is 32.0 Å². The van der Waals surface area contributed by atoms with Crippen LogP contribution in [0.2, 0.25) is 0 Å². The van der Waals surface area contributed by atoms with E-state index in [1.54, 1.807) is 4.31 Å². The van der Waals surface area contributed by atoms with E-state index in [9.17, 15) is 8.42 Å². The van der Waals surface area contributed by atoms with Crippen molar-refractivity contribution in [3.8, 4) is 0 Å². The summed E-state index contributed by atoms with van der Waals surface area (Å²) in [4.78, 5) is 0.224. The molecule has 18 heavy (non-hydrogen) atoms. The second-order valence-electron chi connectivity index (χ2n) is 4.62. The van der Waals surface area contributed by atoms with Crippen LogP contribution < -0.4 is 5.73 Å².